The second-order valence-corrected chi connectivity index (χ2v) is 14.7. The van der Waals surface area contributed by atoms with Crippen molar-refractivity contribution < 1.29 is 40.7 Å². The Kier molecular flexibility index (Phi) is 9.96. The largest absolute Gasteiger partial charge is 0.447 e. The predicted octanol–water partition coefficient (Wildman–Crippen LogP) is 7.49. The molecular formula is C35H36ClF6N9O3. The Morgan fingerprint density at radius 2 is 1.74 bits per heavy atom. The highest BCUT2D eigenvalue weighted by Gasteiger charge is 2.54. The molecule has 3 N–H and O–H groups in total. The van der Waals surface area contributed by atoms with Crippen LogP contribution in [-0.4, -0.2) is 71.4 Å². The summed E-state index contributed by atoms with van der Waals surface area (Å²) in [5.41, 5.74) is 1.66. The molecule has 1 fully saturated rings. The number of nitrogens with zero attached hydrogens (tertiary/aromatic N) is 7. The van der Waals surface area contributed by atoms with Crippen LogP contribution in [0.1, 0.15) is 76.7 Å². The summed E-state index contributed by atoms with van der Waals surface area (Å²) in [6.07, 6.45) is -0.263. The van der Waals surface area contributed by atoms with Gasteiger partial charge in [-0.05, 0) is 69.4 Å². The Balaban J connectivity index is 1.40. The van der Waals surface area contributed by atoms with Gasteiger partial charge in [-0.2, -0.15) is 36.8 Å². The molecule has 0 bridgehead atoms. The molecule has 0 unspecified atom stereocenters. The van der Waals surface area contributed by atoms with E-state index >= 15 is 4.39 Å². The highest BCUT2D eigenvalue weighted by molar-refractivity contribution is 6.33. The van der Waals surface area contributed by atoms with Crippen molar-refractivity contribution in [3.05, 3.63) is 77.3 Å². The van der Waals surface area contributed by atoms with Crippen molar-refractivity contribution in [3.8, 4) is 22.5 Å². The molecule has 1 aliphatic heterocycles. The molecule has 2 atom stereocenters. The van der Waals surface area contributed by atoms with Gasteiger partial charge >= 0.3 is 18.8 Å². The van der Waals surface area contributed by atoms with Gasteiger partial charge in [0.2, 0.25) is 0 Å². The minimum atomic E-state index is -4.86. The molecular weight excluding hydrogens is 744 g/mol. The first kappa shape index (κ1) is 38.6. The lowest BCUT2D eigenvalue weighted by Crippen LogP contribution is -2.54. The van der Waals surface area contributed by atoms with Gasteiger partial charge in [0.05, 0.1) is 23.3 Å². The molecule has 0 spiro atoms. The minimum Gasteiger partial charge on any atom is -0.447 e. The maximum atomic E-state index is 15.7. The van der Waals surface area contributed by atoms with E-state index in [0.717, 1.165) is 49.0 Å². The molecule has 2 aromatic carbocycles. The monoisotopic (exact) mass is 779 g/mol. The van der Waals surface area contributed by atoms with E-state index in [1.165, 1.54) is 32.0 Å². The zero-order valence-corrected chi connectivity index (χ0v) is 30.2. The maximum absolute atomic E-state index is 15.7. The third-order valence-electron chi connectivity index (χ3n) is 9.20. The number of nitrogens with two attached hydrogens (primary N) is 1. The molecule has 1 saturated carbocycles. The lowest BCUT2D eigenvalue weighted by atomic mass is 9.80. The van der Waals surface area contributed by atoms with E-state index in [4.69, 9.17) is 22.1 Å². The normalized spacial score (nSPS) is 18.6. The van der Waals surface area contributed by atoms with Gasteiger partial charge in [-0.15, -0.1) is 0 Å². The number of aromatic nitrogens is 5. The van der Waals surface area contributed by atoms with Crippen LogP contribution in [-0.2, 0) is 15.1 Å². The summed E-state index contributed by atoms with van der Waals surface area (Å²) in [5, 5.41) is 9.64. The molecule has 0 saturated heterocycles. The Labute approximate surface area is 310 Å². The van der Waals surface area contributed by atoms with Crippen molar-refractivity contribution >= 4 is 29.6 Å². The van der Waals surface area contributed by atoms with E-state index in [2.05, 4.69) is 20.2 Å². The second-order valence-electron chi connectivity index (χ2n) is 14.3. The molecule has 2 aliphatic rings. The molecule has 54 heavy (non-hydrogen) atoms. The fourth-order valence-electron chi connectivity index (χ4n) is 6.22. The van der Waals surface area contributed by atoms with E-state index in [1.807, 2.05) is 10.9 Å². The number of carbonyl (C=O) groups is 2. The number of hydrogen-bond acceptors (Lipinski definition) is 8. The van der Waals surface area contributed by atoms with Crippen LogP contribution in [0.15, 0.2) is 66.2 Å². The van der Waals surface area contributed by atoms with Crippen LogP contribution in [0.5, 0.6) is 0 Å². The van der Waals surface area contributed by atoms with Crippen molar-refractivity contribution in [2.24, 2.45) is 10.7 Å². The Hall–Kier alpha value is -5.13. The van der Waals surface area contributed by atoms with Gasteiger partial charge in [0, 0.05) is 23.7 Å². The third kappa shape index (κ3) is 7.61. The fraction of sp³-hybridized carbons (Fsp3) is 0.429. The number of nitrogens with one attached hydrogen (secondary N) is 1. The third-order valence-corrected chi connectivity index (χ3v) is 9.53. The van der Waals surface area contributed by atoms with Crippen molar-refractivity contribution in [2.45, 2.75) is 88.5 Å². The fourth-order valence-corrected chi connectivity index (χ4v) is 6.43. The van der Waals surface area contributed by atoms with E-state index in [-0.39, 0.29) is 27.5 Å². The molecule has 12 nitrogen and oxygen atoms in total. The SMILES string of the molecule is CC(C)(F)C[C@]1(c2ccc(-c3cnn(C4CC4)c3)cc2)N=C(N)N([C@H](COC(=O)NC(C)(C)C(F)(F)F)c2ccc(Cl)c(-c3ncnn3C(F)F)c2)C1=O. The molecule has 2 amide bonds. The second kappa shape index (κ2) is 13.9. The van der Waals surface area contributed by atoms with E-state index < -0.39 is 66.5 Å². The molecule has 19 heteroatoms. The number of aliphatic imine (C=N–C) groups is 1. The summed E-state index contributed by atoms with van der Waals surface area (Å²) in [4.78, 5) is 36.9. The maximum Gasteiger partial charge on any atom is 0.411 e. The highest BCUT2D eigenvalue weighted by Crippen LogP contribution is 2.45. The summed E-state index contributed by atoms with van der Waals surface area (Å²) < 4.78 is 91.5. The molecule has 0 radical (unpaired) electrons. The molecule has 4 aromatic rings. The van der Waals surface area contributed by atoms with Crippen LogP contribution in [0.3, 0.4) is 0 Å². The number of alkyl carbamates (subject to hydrolysis) is 1. The number of amides is 2. The van der Waals surface area contributed by atoms with Gasteiger partial charge in [-0.25, -0.2) is 19.2 Å². The lowest BCUT2D eigenvalue weighted by molar-refractivity contribution is -0.183. The van der Waals surface area contributed by atoms with Crippen LogP contribution in [0.2, 0.25) is 5.02 Å². The highest BCUT2D eigenvalue weighted by atomic mass is 35.5. The zero-order chi connectivity index (χ0) is 39.4. The summed E-state index contributed by atoms with van der Waals surface area (Å²) in [7, 11) is 0. The van der Waals surface area contributed by atoms with E-state index in [9.17, 15) is 31.5 Å². The number of halogens is 7. The summed E-state index contributed by atoms with van der Waals surface area (Å²) in [6, 6.07) is 9.54. The number of alkyl halides is 6. The topological polar surface area (TPSA) is 146 Å². The first-order valence-electron chi connectivity index (χ1n) is 16.7. The van der Waals surface area contributed by atoms with Crippen LogP contribution < -0.4 is 11.1 Å². The van der Waals surface area contributed by atoms with Crippen molar-refractivity contribution in [1.29, 1.82) is 0 Å². The summed E-state index contributed by atoms with van der Waals surface area (Å²) in [5.74, 6) is -1.64. The van der Waals surface area contributed by atoms with Crippen LogP contribution >= 0.6 is 11.6 Å². The Bertz CT molecular complexity index is 2070. The van der Waals surface area contributed by atoms with Crippen molar-refractivity contribution in [3.63, 3.8) is 0 Å². The first-order valence-corrected chi connectivity index (χ1v) is 17.1. The number of rotatable bonds is 12. The minimum absolute atomic E-state index is 0.0522. The number of guanidine groups is 1. The number of benzene rings is 2. The van der Waals surface area contributed by atoms with Crippen LogP contribution in [0.25, 0.3) is 22.5 Å². The lowest BCUT2D eigenvalue weighted by Gasteiger charge is -2.34. The van der Waals surface area contributed by atoms with Gasteiger partial charge in [-0.3, -0.25) is 14.4 Å². The standard InChI is InChI=1S/C35H36ClF6N9O3/c1-32(2,39)17-34(22-8-5-19(6-9-22)21-14-45-49(15-21)23-10-11-23)28(52)50(30(43)47-34)26(16-54-31(53)48-33(3,4)35(40,41)42)20-7-12-25(36)24(13-20)27-44-18-46-51(27)29(37)38/h5-9,12-15,18,23,26,29H,10-11,16-17H2,1-4H3,(H2,43,47)(H,48,53)/t26-,34-/m1/s1. The van der Waals surface area contributed by atoms with Gasteiger partial charge in [0.15, 0.2) is 17.3 Å². The van der Waals surface area contributed by atoms with Gasteiger partial charge in [-0.1, -0.05) is 41.9 Å². The number of carbonyl (C=O) groups excluding carboxylic acids is 2. The number of hydrogen-bond donors (Lipinski definition) is 2. The van der Waals surface area contributed by atoms with Gasteiger partial charge in [0.1, 0.15) is 24.1 Å². The quantitative estimate of drug-likeness (QED) is 0.142. The van der Waals surface area contributed by atoms with Crippen LogP contribution in [0.4, 0.5) is 31.1 Å². The first-order chi connectivity index (χ1) is 25.2. The zero-order valence-electron chi connectivity index (χ0n) is 29.4. The smallest absolute Gasteiger partial charge is 0.411 e. The average molecular weight is 780 g/mol. The van der Waals surface area contributed by atoms with Gasteiger partial charge < -0.3 is 15.8 Å². The van der Waals surface area contributed by atoms with Crippen molar-refractivity contribution in [2.75, 3.05) is 6.61 Å². The Morgan fingerprint density at radius 3 is 2.35 bits per heavy atom. The number of ether oxygens (including phenoxy) is 1. The molecule has 288 valence electrons. The molecule has 2 aromatic heterocycles. The van der Waals surface area contributed by atoms with Crippen molar-refractivity contribution in [1.82, 2.24) is 34.8 Å². The molecule has 6 rings (SSSR count). The predicted molar refractivity (Wildman–Crippen MR) is 185 cm³/mol. The molecule has 1 aliphatic carbocycles. The van der Waals surface area contributed by atoms with E-state index in [1.54, 1.807) is 35.8 Å². The molecule has 3 heterocycles. The summed E-state index contributed by atoms with van der Waals surface area (Å²) in [6.45, 7) is 0.0358. The average Bonchev–Trinajstić information content (AvgIpc) is 3.49. The van der Waals surface area contributed by atoms with Crippen LogP contribution in [0, 0.1) is 0 Å². The van der Waals surface area contributed by atoms with E-state index in [0.29, 0.717) is 10.7 Å². The summed E-state index contributed by atoms with van der Waals surface area (Å²) >= 11 is 6.40. The Morgan fingerprint density at radius 1 is 1.06 bits per heavy atom. The van der Waals surface area contributed by atoms with Gasteiger partial charge in [0.25, 0.3) is 5.91 Å².